The first-order valence-electron chi connectivity index (χ1n) is 13.6. The number of likely N-dealkylation sites (tertiary alicyclic amines) is 1. The van der Waals surface area contributed by atoms with Crippen molar-refractivity contribution in [3.63, 3.8) is 0 Å². The molecule has 1 fully saturated rings. The van der Waals surface area contributed by atoms with Gasteiger partial charge in [0.05, 0.1) is 0 Å². The topological polar surface area (TPSA) is 41.6 Å². The normalized spacial score (nSPS) is 18.3. The zero-order valence-corrected chi connectivity index (χ0v) is 23.0. The van der Waals surface area contributed by atoms with Crippen LogP contribution in [0.15, 0.2) is 72.8 Å². The zero-order chi connectivity index (χ0) is 26.8. The molecule has 0 aromatic heterocycles. The Labute approximate surface area is 227 Å². The number of para-hydroxylation sites is 1. The van der Waals surface area contributed by atoms with Gasteiger partial charge >= 0.3 is 0 Å². The highest BCUT2D eigenvalue weighted by molar-refractivity contribution is 5.94. The molecule has 0 saturated carbocycles. The minimum atomic E-state index is 0.0294. The number of ether oxygens (including phenoxy) is 1. The number of nitrogens with zero attached hydrogens (tertiary/aromatic N) is 1. The van der Waals surface area contributed by atoms with E-state index in [9.17, 15) is 4.79 Å². The molecule has 1 N–H and O–H groups in total. The van der Waals surface area contributed by atoms with Crippen LogP contribution < -0.4 is 10.1 Å². The molecule has 2 atom stereocenters. The molecule has 0 amide bonds. The molecule has 0 spiro atoms. The van der Waals surface area contributed by atoms with Crippen molar-refractivity contribution in [1.29, 1.82) is 0 Å². The number of benzene rings is 3. The van der Waals surface area contributed by atoms with E-state index in [-0.39, 0.29) is 6.04 Å². The number of anilines is 1. The van der Waals surface area contributed by atoms with Crippen LogP contribution in [0.5, 0.6) is 5.75 Å². The second-order valence-corrected chi connectivity index (χ2v) is 10.8. The third-order valence-electron chi connectivity index (χ3n) is 8.26. The third-order valence-corrected chi connectivity index (χ3v) is 8.26. The lowest BCUT2D eigenvalue weighted by molar-refractivity contribution is 0.112. The summed E-state index contributed by atoms with van der Waals surface area (Å²) < 4.78 is 6.14. The van der Waals surface area contributed by atoms with E-state index < -0.39 is 0 Å². The molecule has 1 aliphatic carbocycles. The van der Waals surface area contributed by atoms with Gasteiger partial charge in [-0.25, -0.2) is 0 Å². The average Bonchev–Trinajstić information content (AvgIpc) is 3.34. The Morgan fingerprint density at radius 3 is 2.61 bits per heavy atom. The maximum Gasteiger partial charge on any atom is 0.152 e. The smallest absolute Gasteiger partial charge is 0.152 e. The van der Waals surface area contributed by atoms with Gasteiger partial charge in [0.25, 0.3) is 0 Å². The van der Waals surface area contributed by atoms with Crippen molar-refractivity contribution < 1.29 is 9.53 Å². The van der Waals surface area contributed by atoms with Crippen LogP contribution in [0.25, 0.3) is 11.1 Å². The molecule has 2 aliphatic rings. The Morgan fingerprint density at radius 2 is 1.89 bits per heavy atom. The Morgan fingerprint density at radius 1 is 1.13 bits per heavy atom. The number of carbonyl (C=O) groups excluding carboxylic acids is 1. The molecule has 5 rings (SSSR count). The quantitative estimate of drug-likeness (QED) is 0.321. The van der Waals surface area contributed by atoms with Gasteiger partial charge in [0.2, 0.25) is 0 Å². The summed E-state index contributed by atoms with van der Waals surface area (Å²) in [6, 6.07) is 21.3. The van der Waals surface area contributed by atoms with E-state index in [1.165, 1.54) is 51.8 Å². The van der Waals surface area contributed by atoms with Gasteiger partial charge < -0.3 is 15.0 Å². The second-order valence-electron chi connectivity index (χ2n) is 10.8. The van der Waals surface area contributed by atoms with Gasteiger partial charge in [-0.3, -0.25) is 4.79 Å². The molecule has 0 bridgehead atoms. The summed E-state index contributed by atoms with van der Waals surface area (Å²) in [6.07, 6.45) is 4.20. The van der Waals surface area contributed by atoms with Gasteiger partial charge in [-0.05, 0) is 117 Å². The summed E-state index contributed by atoms with van der Waals surface area (Å²) in [5, 5.41) is 3.59. The monoisotopic (exact) mass is 506 g/mol. The van der Waals surface area contributed by atoms with E-state index >= 15 is 0 Å². The highest BCUT2D eigenvalue weighted by Gasteiger charge is 2.25. The van der Waals surface area contributed by atoms with Gasteiger partial charge in [-0.15, -0.1) is 0 Å². The van der Waals surface area contributed by atoms with E-state index in [1.54, 1.807) is 0 Å². The Kier molecular flexibility index (Phi) is 7.53. The molecular weight excluding hydrogens is 468 g/mol. The average molecular weight is 507 g/mol. The predicted molar refractivity (Wildman–Crippen MR) is 158 cm³/mol. The molecule has 4 heteroatoms. The maximum atomic E-state index is 11.6. The first-order chi connectivity index (χ1) is 18.4. The summed E-state index contributed by atoms with van der Waals surface area (Å²) in [4.78, 5) is 14.0. The van der Waals surface area contributed by atoms with Gasteiger partial charge in [0.1, 0.15) is 12.4 Å². The molecule has 196 valence electrons. The Hall–Kier alpha value is -3.63. The van der Waals surface area contributed by atoms with Crippen molar-refractivity contribution in [3.8, 4) is 5.75 Å². The van der Waals surface area contributed by atoms with Crippen LogP contribution >= 0.6 is 0 Å². The fourth-order valence-electron chi connectivity index (χ4n) is 5.89. The molecule has 3 aromatic rings. The van der Waals surface area contributed by atoms with Crippen LogP contribution in [0.3, 0.4) is 0 Å². The van der Waals surface area contributed by atoms with Crippen molar-refractivity contribution >= 4 is 23.1 Å². The first-order valence-corrected chi connectivity index (χ1v) is 13.6. The second kappa shape index (κ2) is 11.0. The number of aryl methyl sites for hydroxylation is 1. The van der Waals surface area contributed by atoms with E-state index in [0.29, 0.717) is 11.6 Å². The van der Waals surface area contributed by atoms with Crippen molar-refractivity contribution in [2.24, 2.45) is 0 Å². The van der Waals surface area contributed by atoms with Crippen LogP contribution in [0.2, 0.25) is 0 Å². The van der Waals surface area contributed by atoms with Crippen molar-refractivity contribution in [3.05, 3.63) is 106 Å². The maximum absolute atomic E-state index is 11.6. The molecule has 38 heavy (non-hydrogen) atoms. The van der Waals surface area contributed by atoms with Crippen LogP contribution in [-0.4, -0.2) is 37.4 Å². The molecule has 1 heterocycles. The van der Waals surface area contributed by atoms with E-state index in [1.807, 2.05) is 24.3 Å². The fourth-order valence-corrected chi connectivity index (χ4v) is 5.89. The minimum absolute atomic E-state index is 0.0294. The standard InChI is InChI=1S/C34H38N2O2/c1-22-17-31-24(3)23(2)30(26-12-14-29(15-13-26)38-21-28-10-8-16-36(28)5)19-33(31)32(18-22)25(4)35-34-11-7-6-9-27(34)20-37/h6-7,9,11-15,17-18,20,25,28,35H,3,8,10,16,19,21H2,1-2,4-5H3. The number of hydrogen-bond acceptors (Lipinski definition) is 4. The number of allylic oxidation sites excluding steroid dienone is 3. The molecule has 1 saturated heterocycles. The lowest BCUT2D eigenvalue weighted by atomic mass is 9.77. The van der Waals surface area contributed by atoms with Gasteiger partial charge in [0, 0.05) is 23.3 Å². The summed E-state index contributed by atoms with van der Waals surface area (Å²) >= 11 is 0. The highest BCUT2D eigenvalue weighted by atomic mass is 16.5. The van der Waals surface area contributed by atoms with Crippen LogP contribution in [0.1, 0.15) is 70.9 Å². The molecule has 1 aliphatic heterocycles. The van der Waals surface area contributed by atoms with Crippen LogP contribution in [-0.2, 0) is 6.42 Å². The van der Waals surface area contributed by atoms with Crippen molar-refractivity contribution in [1.82, 2.24) is 4.90 Å². The van der Waals surface area contributed by atoms with E-state index in [2.05, 4.69) is 81.0 Å². The number of rotatable bonds is 8. The number of likely N-dealkylation sites (N-methyl/N-ethyl adjacent to an activating group) is 1. The molecule has 0 radical (unpaired) electrons. The lowest BCUT2D eigenvalue weighted by Crippen LogP contribution is -2.30. The summed E-state index contributed by atoms with van der Waals surface area (Å²) in [7, 11) is 2.18. The van der Waals surface area contributed by atoms with E-state index in [4.69, 9.17) is 4.74 Å². The number of fused-ring (bicyclic) bond motifs is 1. The number of hydrogen-bond donors (Lipinski definition) is 1. The predicted octanol–water partition coefficient (Wildman–Crippen LogP) is 7.50. The van der Waals surface area contributed by atoms with Crippen LogP contribution in [0.4, 0.5) is 5.69 Å². The highest BCUT2D eigenvalue weighted by Crippen LogP contribution is 2.42. The fraction of sp³-hybridized carbons (Fsp3) is 0.324. The Bertz CT molecular complexity index is 1390. The number of carbonyl (C=O) groups is 1. The van der Waals surface area contributed by atoms with Gasteiger partial charge in [0.15, 0.2) is 6.29 Å². The SMILES string of the molecule is C=C1C(C)=C(c2ccc(OCC3CCCN3C)cc2)Cc2c1cc(C)cc2C(C)Nc1ccccc1C=O. The zero-order valence-electron chi connectivity index (χ0n) is 23.0. The Balaban J connectivity index is 1.40. The summed E-state index contributed by atoms with van der Waals surface area (Å²) in [6.45, 7) is 12.9. The van der Waals surface area contributed by atoms with E-state index in [0.717, 1.165) is 42.9 Å². The number of nitrogens with one attached hydrogen (secondary N) is 1. The minimum Gasteiger partial charge on any atom is -0.492 e. The molecule has 3 aromatic carbocycles. The molecule has 2 unspecified atom stereocenters. The first kappa shape index (κ1) is 26.0. The van der Waals surface area contributed by atoms with Gasteiger partial charge in [-0.2, -0.15) is 0 Å². The largest absolute Gasteiger partial charge is 0.492 e. The van der Waals surface area contributed by atoms with Crippen LogP contribution in [0, 0.1) is 6.92 Å². The number of aldehydes is 1. The van der Waals surface area contributed by atoms with Crippen molar-refractivity contribution in [2.45, 2.75) is 52.1 Å². The molecular formula is C34H38N2O2. The third kappa shape index (κ3) is 5.19. The van der Waals surface area contributed by atoms with Crippen molar-refractivity contribution in [2.75, 3.05) is 25.5 Å². The lowest BCUT2D eigenvalue weighted by Gasteiger charge is -2.29. The summed E-state index contributed by atoms with van der Waals surface area (Å²) in [5.41, 5.74) is 11.3. The van der Waals surface area contributed by atoms with Gasteiger partial charge in [-0.1, -0.05) is 48.5 Å². The summed E-state index contributed by atoms with van der Waals surface area (Å²) in [5.74, 6) is 0.922. The molecule has 4 nitrogen and oxygen atoms in total.